The molecule has 1 heterocycles. The molecule has 4 rings (SSSR count). The molecule has 2 nitrogen and oxygen atoms in total. The number of ketones is 1. The molecular formula is C15H10O2. The van der Waals surface area contributed by atoms with Gasteiger partial charge >= 0.3 is 0 Å². The van der Waals surface area contributed by atoms with Crippen LogP contribution in [0.2, 0.25) is 0 Å². The van der Waals surface area contributed by atoms with Crippen LogP contribution in [0, 0.1) is 0 Å². The third-order valence-corrected chi connectivity index (χ3v) is 3.64. The van der Waals surface area contributed by atoms with E-state index in [-0.39, 0.29) is 5.78 Å². The molecule has 82 valence electrons. The van der Waals surface area contributed by atoms with Crippen LogP contribution in [0.3, 0.4) is 0 Å². The predicted octanol–water partition coefficient (Wildman–Crippen LogP) is 3.03. The van der Waals surface area contributed by atoms with E-state index in [2.05, 4.69) is 12.1 Å². The van der Waals surface area contributed by atoms with E-state index >= 15 is 0 Å². The number of aryl methyl sites for hydroxylation is 2. The molecule has 0 bridgehead atoms. The first-order valence-electron chi connectivity index (χ1n) is 5.79. The van der Waals surface area contributed by atoms with E-state index in [0.717, 1.165) is 29.5 Å². The summed E-state index contributed by atoms with van der Waals surface area (Å²) in [6.07, 6.45) is 5.11. The first-order chi connectivity index (χ1) is 8.34. The number of hydrogen-bond donors (Lipinski definition) is 0. The van der Waals surface area contributed by atoms with Crippen molar-refractivity contribution in [3.8, 4) is 5.75 Å². The minimum absolute atomic E-state index is 0.0272. The molecule has 0 saturated heterocycles. The largest absolute Gasteiger partial charge is 0.464 e. The zero-order valence-electron chi connectivity index (χ0n) is 9.19. The summed E-state index contributed by atoms with van der Waals surface area (Å²) in [6, 6.07) is 8.09. The normalized spacial score (nSPS) is 16.1. The van der Waals surface area contributed by atoms with E-state index in [0.29, 0.717) is 0 Å². The van der Waals surface area contributed by atoms with Gasteiger partial charge < -0.3 is 4.74 Å². The van der Waals surface area contributed by atoms with Crippen molar-refractivity contribution in [3.63, 3.8) is 0 Å². The smallest absolute Gasteiger partial charge is 0.189 e. The van der Waals surface area contributed by atoms with Gasteiger partial charge in [-0.2, -0.15) is 0 Å². The summed E-state index contributed by atoms with van der Waals surface area (Å²) < 4.78 is 5.53. The second kappa shape index (κ2) is 2.98. The van der Waals surface area contributed by atoms with Gasteiger partial charge in [0.15, 0.2) is 5.78 Å². The molecule has 2 aromatic rings. The highest BCUT2D eigenvalue weighted by molar-refractivity contribution is 6.16. The Balaban J connectivity index is 2.26. The summed E-state index contributed by atoms with van der Waals surface area (Å²) in [5.74, 6) is 0.823. The number of ether oxygens (including phenoxy) is 1. The van der Waals surface area contributed by atoms with Crippen LogP contribution >= 0.6 is 0 Å². The summed E-state index contributed by atoms with van der Waals surface area (Å²) in [6.45, 7) is 0. The molecule has 0 radical (unpaired) electrons. The number of allylic oxidation sites excluding steroid dienone is 1. The molecule has 1 aliphatic heterocycles. The molecule has 1 aliphatic carbocycles. The zero-order chi connectivity index (χ0) is 11.4. The molecule has 0 fully saturated rings. The third kappa shape index (κ3) is 1.07. The maximum Gasteiger partial charge on any atom is 0.189 e. The van der Waals surface area contributed by atoms with E-state index in [1.54, 1.807) is 0 Å². The van der Waals surface area contributed by atoms with Crippen LogP contribution in [0.15, 0.2) is 36.6 Å². The van der Waals surface area contributed by atoms with Crippen LogP contribution in [0.4, 0.5) is 0 Å². The molecule has 0 spiro atoms. The highest BCUT2D eigenvalue weighted by Crippen LogP contribution is 2.39. The lowest BCUT2D eigenvalue weighted by atomic mass is 9.97. The van der Waals surface area contributed by atoms with E-state index < -0.39 is 0 Å². The van der Waals surface area contributed by atoms with Crippen LogP contribution in [0.1, 0.15) is 21.5 Å². The molecule has 0 N–H and O–H groups in total. The fraction of sp³-hybridized carbons (Fsp3) is 0.133. The first-order valence-corrected chi connectivity index (χ1v) is 5.79. The van der Waals surface area contributed by atoms with Gasteiger partial charge in [-0.05, 0) is 41.5 Å². The van der Waals surface area contributed by atoms with Gasteiger partial charge in [0.2, 0.25) is 0 Å². The number of benzene rings is 2. The van der Waals surface area contributed by atoms with Crippen molar-refractivity contribution >= 4 is 16.6 Å². The second-order valence-electron chi connectivity index (χ2n) is 4.53. The van der Waals surface area contributed by atoms with Gasteiger partial charge in [-0.1, -0.05) is 12.1 Å². The number of rotatable bonds is 0. The average molecular weight is 222 g/mol. The highest BCUT2D eigenvalue weighted by Gasteiger charge is 2.22. The van der Waals surface area contributed by atoms with Crippen molar-refractivity contribution in [1.82, 2.24) is 0 Å². The predicted molar refractivity (Wildman–Crippen MR) is 65.5 cm³/mol. The van der Waals surface area contributed by atoms with Gasteiger partial charge in [0.25, 0.3) is 0 Å². The average Bonchev–Trinajstić information content (AvgIpc) is 2.70. The van der Waals surface area contributed by atoms with E-state index in [9.17, 15) is 4.79 Å². The van der Waals surface area contributed by atoms with Gasteiger partial charge in [0.05, 0.1) is 6.26 Å². The summed E-state index contributed by atoms with van der Waals surface area (Å²) >= 11 is 0. The second-order valence-corrected chi connectivity index (χ2v) is 4.53. The lowest BCUT2D eigenvalue weighted by molar-refractivity contribution is 0.104. The lowest BCUT2D eigenvalue weighted by Crippen LogP contribution is -1.95. The third-order valence-electron chi connectivity index (χ3n) is 3.64. The molecule has 0 atom stereocenters. The van der Waals surface area contributed by atoms with Crippen LogP contribution in [-0.2, 0) is 12.8 Å². The fourth-order valence-electron chi connectivity index (χ4n) is 2.86. The van der Waals surface area contributed by atoms with Crippen LogP contribution in [0.5, 0.6) is 5.75 Å². The lowest BCUT2D eigenvalue weighted by Gasteiger charge is -2.09. The first kappa shape index (κ1) is 8.99. The molecule has 17 heavy (non-hydrogen) atoms. The summed E-state index contributed by atoms with van der Waals surface area (Å²) in [5.41, 5.74) is 3.43. The quantitative estimate of drug-likeness (QED) is 0.684. The van der Waals surface area contributed by atoms with Crippen molar-refractivity contribution in [2.24, 2.45) is 0 Å². The number of carbonyl (C=O) groups is 1. The Labute approximate surface area is 98.5 Å². The van der Waals surface area contributed by atoms with Gasteiger partial charge in [0, 0.05) is 17.0 Å². The van der Waals surface area contributed by atoms with Crippen molar-refractivity contribution in [2.75, 3.05) is 0 Å². The molecule has 2 aromatic carbocycles. The van der Waals surface area contributed by atoms with Gasteiger partial charge in [-0.3, -0.25) is 4.79 Å². The van der Waals surface area contributed by atoms with Gasteiger partial charge in [0.1, 0.15) is 5.75 Å². The Bertz CT molecular complexity index is 685. The van der Waals surface area contributed by atoms with Crippen molar-refractivity contribution in [2.45, 2.75) is 12.8 Å². The number of hydrogen-bond acceptors (Lipinski definition) is 2. The minimum Gasteiger partial charge on any atom is -0.464 e. The standard InChI is InChI=1S/C15H10O2/c16-12-7-8-17-13-6-4-10-2-1-9-3-5-11(12)15(13)14(9)10/h3-8H,1-2H2. The van der Waals surface area contributed by atoms with Crippen molar-refractivity contribution in [1.29, 1.82) is 0 Å². The topological polar surface area (TPSA) is 26.3 Å². The maximum absolute atomic E-state index is 12.0. The maximum atomic E-state index is 12.0. The van der Waals surface area contributed by atoms with Crippen LogP contribution in [0.25, 0.3) is 10.8 Å². The Kier molecular flexibility index (Phi) is 1.57. The molecule has 0 amide bonds. The molecule has 0 unspecified atom stereocenters. The van der Waals surface area contributed by atoms with Gasteiger partial charge in [-0.25, -0.2) is 0 Å². The fourth-order valence-corrected chi connectivity index (χ4v) is 2.86. The monoisotopic (exact) mass is 222 g/mol. The van der Waals surface area contributed by atoms with Crippen molar-refractivity contribution in [3.05, 3.63) is 53.3 Å². The molecule has 2 aliphatic rings. The Hall–Kier alpha value is -2.09. The molecule has 2 heteroatoms. The van der Waals surface area contributed by atoms with E-state index in [4.69, 9.17) is 4.74 Å². The molecule has 0 saturated carbocycles. The van der Waals surface area contributed by atoms with Crippen molar-refractivity contribution < 1.29 is 9.53 Å². The highest BCUT2D eigenvalue weighted by atomic mass is 16.5. The summed E-state index contributed by atoms with van der Waals surface area (Å²) in [7, 11) is 0. The Morgan fingerprint density at radius 1 is 0.941 bits per heavy atom. The van der Waals surface area contributed by atoms with Gasteiger partial charge in [-0.15, -0.1) is 0 Å². The molecular weight excluding hydrogens is 212 g/mol. The molecule has 0 aromatic heterocycles. The van der Waals surface area contributed by atoms with E-state index in [1.807, 2.05) is 12.1 Å². The van der Waals surface area contributed by atoms with E-state index in [1.165, 1.54) is 28.9 Å². The summed E-state index contributed by atoms with van der Waals surface area (Å²) in [4.78, 5) is 12.0. The Morgan fingerprint density at radius 2 is 1.71 bits per heavy atom. The summed E-state index contributed by atoms with van der Waals surface area (Å²) in [5, 5.41) is 2.23. The SMILES string of the molecule is O=C1C=COc2ccc3c4c(ccc1c24)CC3. The Morgan fingerprint density at radius 3 is 2.53 bits per heavy atom. The zero-order valence-corrected chi connectivity index (χ0v) is 9.19. The van der Waals surface area contributed by atoms with Crippen LogP contribution in [-0.4, -0.2) is 5.78 Å². The van der Waals surface area contributed by atoms with Crippen LogP contribution < -0.4 is 4.74 Å². The number of carbonyl (C=O) groups excluding carboxylic acids is 1. The minimum atomic E-state index is 0.0272.